The number of rotatable bonds is 10. The van der Waals surface area contributed by atoms with Crippen LogP contribution in [0, 0.1) is 6.92 Å². The van der Waals surface area contributed by atoms with Crippen molar-refractivity contribution in [1.29, 1.82) is 0 Å². The summed E-state index contributed by atoms with van der Waals surface area (Å²) in [6.07, 6.45) is 8.02. The summed E-state index contributed by atoms with van der Waals surface area (Å²) < 4.78 is 8.30. The van der Waals surface area contributed by atoms with Crippen molar-refractivity contribution >= 4 is 40.3 Å². The predicted molar refractivity (Wildman–Crippen MR) is 149 cm³/mol. The van der Waals surface area contributed by atoms with Crippen LogP contribution in [0.1, 0.15) is 50.7 Å². The van der Waals surface area contributed by atoms with Gasteiger partial charge in [0, 0.05) is 23.9 Å². The first-order valence-electron chi connectivity index (χ1n) is 12.2. The zero-order chi connectivity index (χ0) is 24.8. The first-order chi connectivity index (χ1) is 17.0. The molecule has 2 aromatic carbocycles. The molecule has 0 bridgehead atoms. The van der Waals surface area contributed by atoms with E-state index in [9.17, 15) is 4.79 Å². The van der Waals surface area contributed by atoms with Crippen molar-refractivity contribution in [2.24, 2.45) is 0 Å². The van der Waals surface area contributed by atoms with E-state index >= 15 is 0 Å². The fourth-order valence-corrected chi connectivity index (χ4v) is 5.28. The van der Waals surface area contributed by atoms with Crippen LogP contribution < -0.4 is 4.74 Å². The molecule has 2 heterocycles. The maximum absolute atomic E-state index is 13.2. The number of aryl methyl sites for hydroxylation is 1. The van der Waals surface area contributed by atoms with Gasteiger partial charge in [0.2, 0.25) is 0 Å². The Labute approximate surface area is 217 Å². The number of benzene rings is 2. The number of carbonyl (C=O) groups is 1. The number of amides is 1. The first-order valence-corrected chi connectivity index (χ1v) is 13.4. The number of hydrogen-bond acceptors (Lipinski definition) is 5. The summed E-state index contributed by atoms with van der Waals surface area (Å²) in [5, 5.41) is 4.93. The van der Waals surface area contributed by atoms with Crippen LogP contribution in [-0.2, 0) is 4.79 Å². The summed E-state index contributed by atoms with van der Waals surface area (Å²) in [6, 6.07) is 16.1. The Morgan fingerprint density at radius 3 is 2.60 bits per heavy atom. The quantitative estimate of drug-likeness (QED) is 0.168. The fraction of sp³-hybridized carbons (Fsp3) is 0.321. The SMILES string of the molecule is CCCCCN1C(=O)/C(=C/c2cn(-c3ccccc3)nc2-c2ccc(OCCC)cc2C)SC1=S. The Bertz CT molecular complexity index is 1230. The van der Waals surface area contributed by atoms with E-state index in [0.29, 0.717) is 22.4 Å². The number of ether oxygens (including phenoxy) is 1. The Balaban J connectivity index is 1.72. The number of aromatic nitrogens is 2. The number of carbonyl (C=O) groups excluding carboxylic acids is 1. The largest absolute Gasteiger partial charge is 0.494 e. The lowest BCUT2D eigenvalue weighted by Crippen LogP contribution is -2.28. The number of nitrogens with zero attached hydrogens (tertiary/aromatic N) is 3. The molecule has 0 aliphatic carbocycles. The molecule has 3 aromatic rings. The van der Waals surface area contributed by atoms with Gasteiger partial charge in [-0.1, -0.05) is 68.9 Å². The molecule has 0 saturated carbocycles. The molecule has 7 heteroatoms. The molecule has 1 aromatic heterocycles. The van der Waals surface area contributed by atoms with E-state index < -0.39 is 0 Å². The lowest BCUT2D eigenvalue weighted by atomic mass is 10.0. The van der Waals surface area contributed by atoms with Crippen molar-refractivity contribution in [2.45, 2.75) is 46.5 Å². The second kappa shape index (κ2) is 11.7. The van der Waals surface area contributed by atoms with E-state index in [1.807, 2.05) is 65.5 Å². The van der Waals surface area contributed by atoms with E-state index in [1.165, 1.54) is 11.8 Å². The van der Waals surface area contributed by atoms with E-state index in [-0.39, 0.29) is 5.91 Å². The Kier molecular flexibility index (Phi) is 8.42. The molecule has 1 aliphatic rings. The van der Waals surface area contributed by atoms with Crippen LogP contribution in [0.25, 0.3) is 23.0 Å². The highest BCUT2D eigenvalue weighted by atomic mass is 32.2. The molecule has 1 fully saturated rings. The predicted octanol–water partition coefficient (Wildman–Crippen LogP) is 7.03. The van der Waals surface area contributed by atoms with Gasteiger partial charge < -0.3 is 4.74 Å². The maximum Gasteiger partial charge on any atom is 0.266 e. The monoisotopic (exact) mass is 505 g/mol. The van der Waals surface area contributed by atoms with Gasteiger partial charge in [-0.15, -0.1) is 0 Å². The van der Waals surface area contributed by atoms with Crippen molar-refractivity contribution < 1.29 is 9.53 Å². The third-order valence-corrected chi connectivity index (χ3v) is 7.21. The molecule has 5 nitrogen and oxygen atoms in total. The molecule has 1 amide bonds. The Morgan fingerprint density at radius 1 is 1.09 bits per heavy atom. The number of thioether (sulfide) groups is 1. The first kappa shape index (κ1) is 25.2. The van der Waals surface area contributed by atoms with Crippen LogP contribution in [0.4, 0.5) is 0 Å². The molecule has 0 N–H and O–H groups in total. The Morgan fingerprint density at radius 2 is 1.89 bits per heavy atom. The Hall–Kier alpha value is -2.90. The van der Waals surface area contributed by atoms with Crippen LogP contribution in [0.2, 0.25) is 0 Å². The third-order valence-electron chi connectivity index (χ3n) is 5.83. The molecule has 1 saturated heterocycles. The summed E-state index contributed by atoms with van der Waals surface area (Å²) in [6.45, 7) is 7.67. The minimum atomic E-state index is -0.0189. The minimum Gasteiger partial charge on any atom is -0.494 e. The van der Waals surface area contributed by atoms with Gasteiger partial charge >= 0.3 is 0 Å². The van der Waals surface area contributed by atoms with Gasteiger partial charge in [-0.3, -0.25) is 9.69 Å². The van der Waals surface area contributed by atoms with Gasteiger partial charge in [0.25, 0.3) is 5.91 Å². The number of thiocarbonyl (C=S) groups is 1. The van der Waals surface area contributed by atoms with Crippen molar-refractivity contribution in [2.75, 3.05) is 13.2 Å². The highest BCUT2D eigenvalue weighted by Crippen LogP contribution is 2.36. The molecule has 182 valence electrons. The van der Waals surface area contributed by atoms with Gasteiger partial charge in [0.05, 0.1) is 17.2 Å². The van der Waals surface area contributed by atoms with E-state index in [4.69, 9.17) is 22.1 Å². The number of para-hydroxylation sites is 1. The van der Waals surface area contributed by atoms with Gasteiger partial charge in [-0.2, -0.15) is 5.10 Å². The molecule has 0 unspecified atom stereocenters. The summed E-state index contributed by atoms with van der Waals surface area (Å²) in [5.41, 5.74) is 4.74. The molecule has 0 atom stereocenters. The normalized spacial score (nSPS) is 14.8. The highest BCUT2D eigenvalue weighted by molar-refractivity contribution is 8.26. The second-order valence-corrected chi connectivity index (χ2v) is 10.3. The van der Waals surface area contributed by atoms with E-state index in [2.05, 4.69) is 20.8 Å². The van der Waals surface area contributed by atoms with Gasteiger partial charge in [-0.25, -0.2) is 4.68 Å². The second-order valence-electron chi connectivity index (χ2n) is 8.58. The molecule has 35 heavy (non-hydrogen) atoms. The van der Waals surface area contributed by atoms with Crippen LogP contribution in [-0.4, -0.2) is 38.1 Å². The molecule has 0 radical (unpaired) electrons. The van der Waals surface area contributed by atoms with Crippen molar-refractivity contribution in [1.82, 2.24) is 14.7 Å². The van der Waals surface area contributed by atoms with E-state index in [1.54, 1.807) is 4.90 Å². The van der Waals surface area contributed by atoms with Crippen LogP contribution in [0.5, 0.6) is 5.75 Å². The minimum absolute atomic E-state index is 0.0189. The maximum atomic E-state index is 13.2. The summed E-state index contributed by atoms with van der Waals surface area (Å²) in [7, 11) is 0. The zero-order valence-corrected chi connectivity index (χ0v) is 22.1. The zero-order valence-electron chi connectivity index (χ0n) is 20.5. The fourth-order valence-electron chi connectivity index (χ4n) is 3.98. The van der Waals surface area contributed by atoms with Gasteiger partial charge in [0.1, 0.15) is 15.8 Å². The van der Waals surface area contributed by atoms with Crippen LogP contribution in [0.3, 0.4) is 0 Å². The lowest BCUT2D eigenvalue weighted by Gasteiger charge is -2.13. The highest BCUT2D eigenvalue weighted by Gasteiger charge is 2.32. The standard InChI is InChI=1S/C28H31N3O2S2/c1-4-6-10-15-30-27(32)25(35-28(30)34)18-21-19-31(22-11-8-7-9-12-22)29-26(21)24-14-13-23(17-20(24)3)33-16-5-2/h7-9,11-14,17-19H,4-6,10,15-16H2,1-3H3/b25-18-. The van der Waals surface area contributed by atoms with Crippen LogP contribution in [0.15, 0.2) is 59.6 Å². The van der Waals surface area contributed by atoms with Crippen LogP contribution >= 0.6 is 24.0 Å². The third kappa shape index (κ3) is 5.85. The van der Waals surface area contributed by atoms with Crippen molar-refractivity contribution in [3.8, 4) is 22.7 Å². The molecule has 4 rings (SSSR count). The van der Waals surface area contributed by atoms with Gasteiger partial charge in [0.15, 0.2) is 0 Å². The topological polar surface area (TPSA) is 47.4 Å². The molecular formula is C28H31N3O2S2. The van der Waals surface area contributed by atoms with Crippen molar-refractivity contribution in [3.05, 3.63) is 70.8 Å². The molecule has 1 aliphatic heterocycles. The lowest BCUT2D eigenvalue weighted by molar-refractivity contribution is -0.122. The molecule has 0 spiro atoms. The summed E-state index contributed by atoms with van der Waals surface area (Å²) in [5.74, 6) is 0.833. The average molecular weight is 506 g/mol. The smallest absolute Gasteiger partial charge is 0.266 e. The number of hydrogen-bond donors (Lipinski definition) is 0. The van der Waals surface area contributed by atoms with Gasteiger partial charge in [-0.05, 0) is 61.7 Å². The summed E-state index contributed by atoms with van der Waals surface area (Å²) >= 11 is 6.90. The average Bonchev–Trinajstić information content (AvgIpc) is 3.39. The summed E-state index contributed by atoms with van der Waals surface area (Å²) in [4.78, 5) is 15.5. The molecular weight excluding hydrogens is 474 g/mol. The van der Waals surface area contributed by atoms with E-state index in [0.717, 1.165) is 59.5 Å². The van der Waals surface area contributed by atoms with Crippen molar-refractivity contribution in [3.63, 3.8) is 0 Å². The number of unbranched alkanes of at least 4 members (excludes halogenated alkanes) is 2.